The molecule has 0 N–H and O–H groups in total. The summed E-state index contributed by atoms with van der Waals surface area (Å²) in [5, 5.41) is 8.13. The first kappa shape index (κ1) is 33.1. The van der Waals surface area contributed by atoms with Crippen LogP contribution in [-0.4, -0.2) is 4.57 Å². The van der Waals surface area contributed by atoms with E-state index in [1.54, 1.807) is 0 Å². The molecule has 1 heterocycles. The molecule has 0 spiro atoms. The van der Waals surface area contributed by atoms with Gasteiger partial charge in [0, 0.05) is 33.4 Å². The number of fused-ring (bicyclic) bond motifs is 5. The molecule has 0 unspecified atom stereocenters. The molecule has 0 radical (unpaired) electrons. The lowest BCUT2D eigenvalue weighted by Gasteiger charge is -2.27. The summed E-state index contributed by atoms with van der Waals surface area (Å²) in [7, 11) is 0. The van der Waals surface area contributed by atoms with Crippen molar-refractivity contribution in [1.82, 2.24) is 4.57 Å². The molecular weight excluding hydrogens is 725 g/mol. The lowest BCUT2D eigenvalue weighted by molar-refractivity contribution is 1.14. The van der Waals surface area contributed by atoms with Crippen LogP contribution < -0.4 is 4.90 Å². The SMILES string of the molecule is [2H]/C(=C(/[2H])c1ccc2c(c1)c(-c1ccccc1)c(-c1ccccc1)n2-c1ccc2ccccc2c1)c1ccc(N(c2ccccc2)c2cc3ccccc3c3ccccc23)cc1. The summed E-state index contributed by atoms with van der Waals surface area (Å²) in [4.78, 5) is 2.29. The van der Waals surface area contributed by atoms with E-state index in [1.807, 2.05) is 30.3 Å². The van der Waals surface area contributed by atoms with Gasteiger partial charge in [-0.1, -0.05) is 188 Å². The molecule has 0 fully saturated rings. The van der Waals surface area contributed by atoms with Gasteiger partial charge in [-0.15, -0.1) is 0 Å². The van der Waals surface area contributed by atoms with Crippen LogP contribution in [0.4, 0.5) is 17.1 Å². The van der Waals surface area contributed by atoms with Gasteiger partial charge in [0.15, 0.2) is 0 Å². The molecule has 1 aromatic heterocycles. The highest BCUT2D eigenvalue weighted by molar-refractivity contribution is 6.14. The highest BCUT2D eigenvalue weighted by atomic mass is 15.1. The molecular formula is C58H40N2. The van der Waals surface area contributed by atoms with Crippen LogP contribution in [0.3, 0.4) is 0 Å². The van der Waals surface area contributed by atoms with E-state index < -0.39 is 0 Å². The monoisotopic (exact) mass is 766 g/mol. The van der Waals surface area contributed by atoms with Gasteiger partial charge in [0.1, 0.15) is 0 Å². The van der Waals surface area contributed by atoms with Gasteiger partial charge in [0.2, 0.25) is 0 Å². The molecule has 11 rings (SSSR count). The second-order valence-corrected chi connectivity index (χ2v) is 15.2. The maximum absolute atomic E-state index is 9.53. The van der Waals surface area contributed by atoms with Gasteiger partial charge in [0.05, 0.1) is 19.6 Å². The van der Waals surface area contributed by atoms with E-state index in [2.05, 4.69) is 210 Å². The molecule has 0 atom stereocenters. The highest BCUT2D eigenvalue weighted by Gasteiger charge is 2.22. The van der Waals surface area contributed by atoms with Gasteiger partial charge in [-0.3, -0.25) is 0 Å². The highest BCUT2D eigenvalue weighted by Crippen LogP contribution is 2.44. The van der Waals surface area contributed by atoms with Gasteiger partial charge in [-0.25, -0.2) is 0 Å². The van der Waals surface area contributed by atoms with Crippen molar-refractivity contribution in [3.8, 4) is 28.1 Å². The quantitative estimate of drug-likeness (QED) is 0.110. The number of rotatable bonds is 8. The fraction of sp³-hybridized carbons (Fsp3) is 0. The van der Waals surface area contributed by atoms with E-state index in [0.29, 0.717) is 11.1 Å². The van der Waals surface area contributed by atoms with Crippen LogP contribution in [0.1, 0.15) is 13.9 Å². The first-order valence-electron chi connectivity index (χ1n) is 21.4. The summed E-state index contributed by atoms with van der Waals surface area (Å²) in [5.41, 5.74) is 10.9. The van der Waals surface area contributed by atoms with Crippen molar-refractivity contribution >= 4 is 72.4 Å². The minimum Gasteiger partial charge on any atom is -0.310 e. The minimum atomic E-state index is 0.164. The van der Waals surface area contributed by atoms with Crippen LogP contribution in [0, 0.1) is 0 Å². The topological polar surface area (TPSA) is 8.17 Å². The number of benzene rings is 10. The van der Waals surface area contributed by atoms with Gasteiger partial charge in [-0.2, -0.15) is 0 Å². The third kappa shape index (κ3) is 6.32. The minimum absolute atomic E-state index is 0.164. The molecule has 0 amide bonds. The summed E-state index contributed by atoms with van der Waals surface area (Å²) in [6.07, 6.45) is 0. The largest absolute Gasteiger partial charge is 0.310 e. The molecule has 0 saturated heterocycles. The maximum atomic E-state index is 9.53. The van der Waals surface area contributed by atoms with E-state index in [0.717, 1.165) is 61.4 Å². The second-order valence-electron chi connectivity index (χ2n) is 15.2. The zero-order valence-electron chi connectivity index (χ0n) is 34.8. The van der Waals surface area contributed by atoms with Crippen LogP contribution in [0.5, 0.6) is 0 Å². The van der Waals surface area contributed by atoms with Crippen molar-refractivity contribution in [2.75, 3.05) is 4.90 Å². The number of hydrogen-bond donors (Lipinski definition) is 0. The number of aromatic nitrogens is 1. The van der Waals surface area contributed by atoms with Gasteiger partial charge < -0.3 is 9.47 Å². The van der Waals surface area contributed by atoms with Crippen LogP contribution in [0.25, 0.3) is 83.4 Å². The average Bonchev–Trinajstić information content (AvgIpc) is 3.69. The van der Waals surface area contributed by atoms with Gasteiger partial charge in [-0.05, 0) is 104 Å². The van der Waals surface area contributed by atoms with Crippen molar-refractivity contribution in [2.24, 2.45) is 0 Å². The van der Waals surface area contributed by atoms with Gasteiger partial charge in [0.25, 0.3) is 0 Å². The molecule has 0 aliphatic carbocycles. The molecule has 0 aliphatic rings. The molecule has 2 heteroatoms. The van der Waals surface area contributed by atoms with E-state index in [-0.39, 0.29) is 12.1 Å². The van der Waals surface area contributed by atoms with E-state index >= 15 is 0 Å². The van der Waals surface area contributed by atoms with E-state index in [9.17, 15) is 2.74 Å². The Labute approximate surface area is 353 Å². The Hall–Kier alpha value is -7.94. The molecule has 11 aromatic rings. The van der Waals surface area contributed by atoms with Crippen LogP contribution >= 0.6 is 0 Å². The molecule has 60 heavy (non-hydrogen) atoms. The lowest BCUT2D eigenvalue weighted by atomic mass is 9.97. The van der Waals surface area contributed by atoms with Crippen molar-refractivity contribution in [2.45, 2.75) is 0 Å². The second kappa shape index (κ2) is 15.1. The maximum Gasteiger partial charge on any atom is 0.0629 e. The number of hydrogen-bond acceptors (Lipinski definition) is 1. The van der Waals surface area contributed by atoms with Crippen molar-refractivity contribution < 1.29 is 2.74 Å². The first-order valence-corrected chi connectivity index (χ1v) is 20.4. The lowest BCUT2D eigenvalue weighted by Crippen LogP contribution is -2.10. The molecule has 2 nitrogen and oxygen atoms in total. The van der Waals surface area contributed by atoms with Gasteiger partial charge >= 0.3 is 0 Å². The van der Waals surface area contributed by atoms with Crippen LogP contribution in [0.15, 0.2) is 231 Å². The predicted molar refractivity (Wildman–Crippen MR) is 257 cm³/mol. The van der Waals surface area contributed by atoms with E-state index in [1.165, 1.54) is 26.9 Å². The first-order chi connectivity index (χ1) is 30.6. The standard InChI is InChI=1S/C58H40N2/c1-4-17-44(18-5-1)57-54-38-42(32-37-55(54)60(58(57)45-19-6-2-7-20-45)50-36-33-43-16-10-11-21-46(43)39-50)29-28-41-30-34-49(35-31-41)59(48-23-8-3-9-24-48)56-40-47-22-12-13-25-51(47)52-26-14-15-27-53(52)56/h1-40H/b29-28+/i28D,29D. The fourth-order valence-corrected chi connectivity index (χ4v) is 8.78. The van der Waals surface area contributed by atoms with Crippen molar-refractivity contribution in [3.05, 3.63) is 242 Å². The van der Waals surface area contributed by atoms with Crippen LogP contribution in [-0.2, 0) is 0 Å². The summed E-state index contributed by atoms with van der Waals surface area (Å²) in [5.74, 6) is 0. The Bertz CT molecular complexity index is 3460. The number of nitrogens with zero attached hydrogens (tertiary/aromatic N) is 2. The number of anilines is 3. The zero-order chi connectivity index (χ0) is 41.6. The number of para-hydroxylation sites is 1. The molecule has 0 aliphatic heterocycles. The Balaban J connectivity index is 1.05. The van der Waals surface area contributed by atoms with Crippen molar-refractivity contribution in [3.63, 3.8) is 0 Å². The smallest absolute Gasteiger partial charge is 0.0629 e. The Morgan fingerprint density at radius 1 is 0.383 bits per heavy atom. The third-order valence-electron chi connectivity index (χ3n) is 11.5. The molecule has 282 valence electrons. The molecule has 10 aromatic carbocycles. The third-order valence-corrected chi connectivity index (χ3v) is 11.5. The molecule has 0 saturated carbocycles. The summed E-state index contributed by atoms with van der Waals surface area (Å²) < 4.78 is 21.3. The zero-order valence-corrected chi connectivity index (χ0v) is 32.8. The Morgan fingerprint density at radius 3 is 1.70 bits per heavy atom. The normalized spacial score (nSPS) is 12.4. The Kier molecular flexibility index (Phi) is 8.32. The fourth-order valence-electron chi connectivity index (χ4n) is 8.78. The van der Waals surface area contributed by atoms with E-state index in [4.69, 9.17) is 0 Å². The molecule has 0 bridgehead atoms. The summed E-state index contributed by atoms with van der Waals surface area (Å²) >= 11 is 0. The predicted octanol–water partition coefficient (Wildman–Crippen LogP) is 16.1. The summed E-state index contributed by atoms with van der Waals surface area (Å²) in [6.45, 7) is 0. The van der Waals surface area contributed by atoms with Crippen molar-refractivity contribution in [1.29, 1.82) is 0 Å². The van der Waals surface area contributed by atoms with Crippen LogP contribution in [0.2, 0.25) is 0 Å². The Morgan fingerprint density at radius 2 is 0.950 bits per heavy atom. The summed E-state index contributed by atoms with van der Waals surface area (Å²) in [6, 6.07) is 80.7. The average molecular weight is 767 g/mol.